The second-order valence-corrected chi connectivity index (χ2v) is 16.3. The number of rotatable bonds is 5. The van der Waals surface area contributed by atoms with E-state index < -0.39 is 0 Å². The summed E-state index contributed by atoms with van der Waals surface area (Å²) in [4.78, 5) is 15.2. The molecule has 9 rings (SSSR count). The predicted octanol–water partition coefficient (Wildman–Crippen LogP) is 12.0. The molecule has 0 atom stereocenters. The maximum absolute atomic E-state index is 5.13. The Kier molecular flexibility index (Phi) is 6.92. The number of benzene rings is 3. The molecule has 0 saturated carbocycles. The third-order valence-corrected chi connectivity index (χ3v) is 12.1. The average Bonchev–Trinajstić information content (AvgIpc) is 3.63. The maximum Gasteiger partial charge on any atom is 0.0746 e. The molecule has 0 saturated heterocycles. The number of allylic oxidation sites excluding steroid dienone is 5. The van der Waals surface area contributed by atoms with Crippen LogP contribution in [0.4, 0.5) is 0 Å². The zero-order valence-electron chi connectivity index (χ0n) is 31.1. The summed E-state index contributed by atoms with van der Waals surface area (Å²) >= 11 is 0. The molecule has 6 aromatic rings. The molecule has 0 unspecified atom stereocenters. The maximum atomic E-state index is 5.13. The van der Waals surface area contributed by atoms with Gasteiger partial charge in [-0.05, 0) is 92.4 Å². The van der Waals surface area contributed by atoms with Gasteiger partial charge in [0.15, 0.2) is 0 Å². The van der Waals surface area contributed by atoms with Crippen LogP contribution in [-0.4, -0.2) is 15.0 Å². The Morgan fingerprint density at radius 3 is 1.31 bits per heavy atom. The molecule has 3 nitrogen and oxygen atoms in total. The van der Waals surface area contributed by atoms with Gasteiger partial charge in [-0.25, -0.2) is 0 Å². The highest BCUT2D eigenvalue weighted by Gasteiger charge is 2.39. The summed E-state index contributed by atoms with van der Waals surface area (Å²) in [5, 5.41) is 0. The van der Waals surface area contributed by atoms with Gasteiger partial charge >= 0.3 is 0 Å². The number of pyridine rings is 3. The van der Waals surface area contributed by atoms with Gasteiger partial charge < -0.3 is 0 Å². The van der Waals surface area contributed by atoms with Gasteiger partial charge in [0.25, 0.3) is 0 Å². The average molecular weight is 674 g/mol. The minimum absolute atomic E-state index is 0.124. The van der Waals surface area contributed by atoms with Crippen molar-refractivity contribution in [3.63, 3.8) is 0 Å². The lowest BCUT2D eigenvalue weighted by Gasteiger charge is -2.22. The van der Waals surface area contributed by atoms with E-state index in [4.69, 9.17) is 15.0 Å². The van der Waals surface area contributed by atoms with Crippen LogP contribution in [0.3, 0.4) is 0 Å². The third kappa shape index (κ3) is 4.61. The first kappa shape index (κ1) is 32.3. The van der Waals surface area contributed by atoms with E-state index in [0.29, 0.717) is 0 Å². The molecule has 0 spiro atoms. The molecule has 3 aromatic carbocycles. The lowest BCUT2D eigenvalue weighted by molar-refractivity contribution is 0.658. The van der Waals surface area contributed by atoms with Crippen LogP contribution in [0.5, 0.6) is 0 Å². The fourth-order valence-electron chi connectivity index (χ4n) is 8.95. The minimum Gasteiger partial charge on any atom is -0.255 e. The van der Waals surface area contributed by atoms with Crippen LogP contribution in [0.25, 0.3) is 50.5 Å². The molecule has 52 heavy (non-hydrogen) atoms. The summed E-state index contributed by atoms with van der Waals surface area (Å²) in [6.07, 6.45) is 10.5. The molecule has 0 fully saturated rings. The summed E-state index contributed by atoms with van der Waals surface area (Å²) in [5.74, 6) is 0. The molecular weight excluding hydrogens is 631 g/mol. The van der Waals surface area contributed by atoms with Crippen molar-refractivity contribution < 1.29 is 0 Å². The minimum atomic E-state index is -0.162. The Bertz CT molecular complexity index is 2570. The van der Waals surface area contributed by atoms with E-state index in [-0.39, 0.29) is 16.2 Å². The van der Waals surface area contributed by atoms with Crippen molar-refractivity contribution in [2.24, 2.45) is 0 Å². The van der Waals surface area contributed by atoms with Gasteiger partial charge in [-0.3, -0.25) is 15.0 Å². The van der Waals surface area contributed by atoms with Crippen molar-refractivity contribution in [3.8, 4) is 33.8 Å². The molecule has 3 aliphatic rings. The Hall–Kier alpha value is -5.67. The lowest BCUT2D eigenvalue weighted by Crippen LogP contribution is -2.15. The molecule has 0 aliphatic heterocycles. The fourth-order valence-corrected chi connectivity index (χ4v) is 8.95. The quantitative estimate of drug-likeness (QED) is 0.171. The summed E-state index contributed by atoms with van der Waals surface area (Å²) in [5.41, 5.74) is 20.4. The SMILES string of the molecule is C=C(/C=C(\C=C(/C)c1cnc2c(c1)C(C)(C)c1ccccc1-2)c1cnc2c(c1)C(C)(C)c1ccccc1-2)c1cnc2c(c1)C(C)(C)c1ccccc1-2. The fraction of sp³-hybridized carbons (Fsp3) is 0.204. The van der Waals surface area contributed by atoms with Crippen LogP contribution in [0.1, 0.15) is 98.5 Å². The van der Waals surface area contributed by atoms with Gasteiger partial charge in [-0.15, -0.1) is 0 Å². The standard InChI is InChI=1S/C49H43N3/c1-29(32-23-41-44(50-26-32)35-15-9-12-18-38(35)47(41,3)4)21-31(34-25-43-46(52-28-34)37-17-11-14-20-40(37)49(43,7)8)22-30(2)33-24-42-45(51-27-33)36-16-10-13-19-39(36)48(42,5)6/h9-28H,1H2,2-8H3/b30-22+,31-21+. The predicted molar refractivity (Wildman–Crippen MR) is 216 cm³/mol. The summed E-state index contributed by atoms with van der Waals surface area (Å²) in [6, 6.07) is 32.9. The first-order chi connectivity index (χ1) is 24.9. The topological polar surface area (TPSA) is 38.7 Å². The third-order valence-electron chi connectivity index (χ3n) is 12.1. The lowest BCUT2D eigenvalue weighted by atomic mass is 9.81. The van der Waals surface area contributed by atoms with E-state index in [0.717, 1.165) is 50.5 Å². The van der Waals surface area contributed by atoms with Crippen LogP contribution in [0, 0.1) is 0 Å². The van der Waals surface area contributed by atoms with Crippen LogP contribution in [0.15, 0.2) is 128 Å². The highest BCUT2D eigenvalue weighted by Crippen LogP contribution is 2.51. The number of hydrogen-bond acceptors (Lipinski definition) is 3. The van der Waals surface area contributed by atoms with Crippen LogP contribution in [0.2, 0.25) is 0 Å². The molecule has 0 N–H and O–H groups in total. The Morgan fingerprint density at radius 1 is 0.481 bits per heavy atom. The smallest absolute Gasteiger partial charge is 0.0746 e. The van der Waals surface area contributed by atoms with Gasteiger partial charge in [0, 0.05) is 57.1 Å². The molecule has 0 radical (unpaired) electrons. The van der Waals surface area contributed by atoms with Gasteiger partial charge in [-0.1, -0.05) is 127 Å². The summed E-state index contributed by atoms with van der Waals surface area (Å²) in [6.45, 7) is 20.6. The number of nitrogens with zero attached hydrogens (tertiary/aromatic N) is 3. The normalized spacial score (nSPS) is 16.8. The van der Waals surface area contributed by atoms with Gasteiger partial charge in [-0.2, -0.15) is 0 Å². The van der Waals surface area contributed by atoms with E-state index in [1.807, 2.05) is 18.6 Å². The molecule has 254 valence electrons. The highest BCUT2D eigenvalue weighted by atomic mass is 14.7. The second kappa shape index (κ2) is 11.2. The van der Waals surface area contributed by atoms with Crippen molar-refractivity contribution in [1.29, 1.82) is 0 Å². The van der Waals surface area contributed by atoms with E-state index in [9.17, 15) is 0 Å². The van der Waals surface area contributed by atoms with Crippen molar-refractivity contribution in [3.05, 3.63) is 178 Å². The Labute approximate surface area is 307 Å². The van der Waals surface area contributed by atoms with E-state index >= 15 is 0 Å². The van der Waals surface area contributed by atoms with E-state index in [2.05, 4.69) is 158 Å². The zero-order chi connectivity index (χ0) is 36.2. The molecule has 3 heterocycles. The van der Waals surface area contributed by atoms with Gasteiger partial charge in [0.2, 0.25) is 0 Å². The van der Waals surface area contributed by atoms with Gasteiger partial charge in [0.05, 0.1) is 17.1 Å². The van der Waals surface area contributed by atoms with Crippen LogP contribution in [-0.2, 0) is 16.2 Å². The van der Waals surface area contributed by atoms with Crippen LogP contribution < -0.4 is 0 Å². The van der Waals surface area contributed by atoms with Crippen molar-refractivity contribution in [2.45, 2.75) is 64.7 Å². The van der Waals surface area contributed by atoms with Gasteiger partial charge in [0.1, 0.15) is 0 Å². The first-order valence-electron chi connectivity index (χ1n) is 18.3. The largest absolute Gasteiger partial charge is 0.255 e. The van der Waals surface area contributed by atoms with Crippen molar-refractivity contribution in [1.82, 2.24) is 15.0 Å². The molecule has 0 amide bonds. The number of fused-ring (bicyclic) bond motifs is 9. The molecule has 3 aliphatic carbocycles. The molecule has 0 bridgehead atoms. The number of aromatic nitrogens is 3. The first-order valence-corrected chi connectivity index (χ1v) is 18.3. The zero-order valence-corrected chi connectivity index (χ0v) is 31.1. The monoisotopic (exact) mass is 673 g/mol. The highest BCUT2D eigenvalue weighted by molar-refractivity contribution is 5.93. The summed E-state index contributed by atoms with van der Waals surface area (Å²) in [7, 11) is 0. The van der Waals surface area contributed by atoms with Crippen molar-refractivity contribution >= 4 is 16.7 Å². The van der Waals surface area contributed by atoms with E-state index in [1.165, 1.54) is 50.1 Å². The van der Waals surface area contributed by atoms with E-state index in [1.54, 1.807) is 0 Å². The number of hydrogen-bond donors (Lipinski definition) is 0. The Morgan fingerprint density at radius 2 is 0.846 bits per heavy atom. The molecular formula is C49H43N3. The van der Waals surface area contributed by atoms with Crippen molar-refractivity contribution in [2.75, 3.05) is 0 Å². The second-order valence-electron chi connectivity index (χ2n) is 16.3. The Balaban J connectivity index is 1.16. The summed E-state index contributed by atoms with van der Waals surface area (Å²) < 4.78 is 0. The molecule has 3 heteroatoms. The van der Waals surface area contributed by atoms with Crippen LogP contribution >= 0.6 is 0 Å². The molecule has 3 aromatic heterocycles.